The van der Waals surface area contributed by atoms with E-state index >= 15 is 0 Å². The summed E-state index contributed by atoms with van der Waals surface area (Å²) < 4.78 is 0. The quantitative estimate of drug-likeness (QED) is 0.842. The standard InChI is InChI=1S/C14H16N4O2S/c1-8-4-5-11(9(2)6-8)16-13(20)10(3)21-14-17-12(19)7-15-18-14/h4-7,10H,1-3H3,(H,16,20)(H,17,18,19)/t10-/m0/s1. The van der Waals surface area contributed by atoms with Crippen LogP contribution in [0.2, 0.25) is 0 Å². The molecule has 0 aliphatic heterocycles. The van der Waals surface area contributed by atoms with Gasteiger partial charge in [0, 0.05) is 5.69 Å². The van der Waals surface area contributed by atoms with Gasteiger partial charge in [-0.2, -0.15) is 5.10 Å². The molecular formula is C14H16N4O2S. The van der Waals surface area contributed by atoms with Gasteiger partial charge in [0.15, 0.2) is 5.16 Å². The van der Waals surface area contributed by atoms with Gasteiger partial charge in [-0.3, -0.25) is 14.6 Å². The van der Waals surface area contributed by atoms with Gasteiger partial charge in [-0.1, -0.05) is 29.5 Å². The van der Waals surface area contributed by atoms with Gasteiger partial charge in [0.05, 0.1) is 5.25 Å². The molecule has 1 atom stereocenters. The van der Waals surface area contributed by atoms with Crippen LogP contribution >= 0.6 is 11.8 Å². The zero-order chi connectivity index (χ0) is 15.4. The van der Waals surface area contributed by atoms with Crippen LogP contribution in [0.25, 0.3) is 0 Å². The van der Waals surface area contributed by atoms with E-state index < -0.39 is 5.25 Å². The number of carbonyl (C=O) groups is 1. The van der Waals surface area contributed by atoms with Crippen molar-refractivity contribution in [1.29, 1.82) is 0 Å². The molecule has 0 saturated carbocycles. The Labute approximate surface area is 126 Å². The molecule has 2 N–H and O–H groups in total. The highest BCUT2D eigenvalue weighted by Crippen LogP contribution is 2.21. The zero-order valence-electron chi connectivity index (χ0n) is 12.0. The Kier molecular flexibility index (Phi) is 4.74. The minimum absolute atomic E-state index is 0.154. The monoisotopic (exact) mass is 304 g/mol. The number of anilines is 1. The number of amides is 1. The maximum atomic E-state index is 12.2. The van der Waals surface area contributed by atoms with Crippen LogP contribution in [0.4, 0.5) is 5.69 Å². The first-order valence-corrected chi connectivity index (χ1v) is 7.30. The Morgan fingerprint density at radius 1 is 1.38 bits per heavy atom. The third-order valence-corrected chi connectivity index (χ3v) is 3.83. The third-order valence-electron chi connectivity index (χ3n) is 2.85. The number of nitrogens with zero attached hydrogens (tertiary/aromatic N) is 2. The van der Waals surface area contributed by atoms with Crippen LogP contribution in [-0.2, 0) is 4.79 Å². The fourth-order valence-electron chi connectivity index (χ4n) is 1.76. The number of H-pyrrole nitrogens is 1. The molecule has 2 rings (SSSR count). The summed E-state index contributed by atoms with van der Waals surface area (Å²) in [5, 5.41) is 10.1. The Hall–Kier alpha value is -2.15. The summed E-state index contributed by atoms with van der Waals surface area (Å²) in [5.74, 6) is -0.154. The number of aromatic amines is 1. The molecule has 1 amide bonds. The van der Waals surface area contributed by atoms with Crippen molar-refractivity contribution in [3.05, 3.63) is 45.9 Å². The number of thioether (sulfide) groups is 1. The minimum atomic E-state index is -0.405. The number of rotatable bonds is 4. The smallest absolute Gasteiger partial charge is 0.270 e. The molecule has 1 aromatic carbocycles. The van der Waals surface area contributed by atoms with Gasteiger partial charge < -0.3 is 5.32 Å². The lowest BCUT2D eigenvalue weighted by molar-refractivity contribution is -0.115. The van der Waals surface area contributed by atoms with Crippen LogP contribution in [0, 0.1) is 13.8 Å². The van der Waals surface area contributed by atoms with E-state index in [1.807, 2.05) is 32.0 Å². The summed E-state index contributed by atoms with van der Waals surface area (Å²) in [5.41, 5.74) is 2.60. The first-order valence-electron chi connectivity index (χ1n) is 6.42. The van der Waals surface area contributed by atoms with Gasteiger partial charge >= 0.3 is 0 Å². The lowest BCUT2D eigenvalue weighted by Gasteiger charge is -2.13. The molecule has 21 heavy (non-hydrogen) atoms. The number of benzene rings is 1. The van der Waals surface area contributed by atoms with Crippen molar-refractivity contribution in [2.75, 3.05) is 5.32 Å². The SMILES string of the molecule is Cc1ccc(NC(=O)[C@H](C)Sc2nncc(=O)[nH]2)c(C)c1. The van der Waals surface area contributed by atoms with E-state index in [4.69, 9.17) is 0 Å². The number of aromatic nitrogens is 3. The second-order valence-electron chi connectivity index (χ2n) is 4.71. The molecule has 0 fully saturated rings. The fraction of sp³-hybridized carbons (Fsp3) is 0.286. The molecule has 2 aromatic rings. The Morgan fingerprint density at radius 2 is 2.14 bits per heavy atom. The Balaban J connectivity index is 2.04. The van der Waals surface area contributed by atoms with E-state index in [2.05, 4.69) is 20.5 Å². The maximum absolute atomic E-state index is 12.2. The summed E-state index contributed by atoms with van der Waals surface area (Å²) in [6, 6.07) is 5.83. The lowest BCUT2D eigenvalue weighted by Crippen LogP contribution is -2.23. The molecule has 0 unspecified atom stereocenters. The number of aryl methyl sites for hydroxylation is 2. The molecule has 0 spiro atoms. The molecule has 0 saturated heterocycles. The van der Waals surface area contributed by atoms with Crippen molar-refractivity contribution in [3.8, 4) is 0 Å². The average Bonchev–Trinajstić information content (AvgIpc) is 2.41. The molecule has 0 aliphatic rings. The van der Waals surface area contributed by atoms with E-state index in [9.17, 15) is 9.59 Å². The van der Waals surface area contributed by atoms with E-state index in [1.54, 1.807) is 6.92 Å². The fourth-order valence-corrected chi connectivity index (χ4v) is 2.51. The minimum Gasteiger partial charge on any atom is -0.325 e. The molecule has 1 heterocycles. The molecule has 110 valence electrons. The molecular weight excluding hydrogens is 288 g/mol. The van der Waals surface area contributed by atoms with Crippen LogP contribution in [0.3, 0.4) is 0 Å². The van der Waals surface area contributed by atoms with Gasteiger partial charge in [0.2, 0.25) is 5.91 Å². The molecule has 6 nitrogen and oxygen atoms in total. The summed E-state index contributed by atoms with van der Waals surface area (Å²) in [7, 11) is 0. The topological polar surface area (TPSA) is 87.7 Å². The Morgan fingerprint density at radius 3 is 2.81 bits per heavy atom. The van der Waals surface area contributed by atoms with Crippen molar-refractivity contribution < 1.29 is 4.79 Å². The van der Waals surface area contributed by atoms with Crippen molar-refractivity contribution in [1.82, 2.24) is 15.2 Å². The number of carbonyl (C=O) groups excluding carboxylic acids is 1. The predicted molar refractivity (Wildman–Crippen MR) is 82.5 cm³/mol. The van der Waals surface area contributed by atoms with E-state index in [0.29, 0.717) is 5.16 Å². The van der Waals surface area contributed by atoms with Crippen LogP contribution in [-0.4, -0.2) is 26.3 Å². The second-order valence-corrected chi connectivity index (χ2v) is 6.04. The largest absolute Gasteiger partial charge is 0.325 e. The van der Waals surface area contributed by atoms with E-state index in [1.165, 1.54) is 0 Å². The molecule has 7 heteroatoms. The van der Waals surface area contributed by atoms with Gasteiger partial charge in [-0.25, -0.2) is 0 Å². The van der Waals surface area contributed by atoms with E-state index in [0.717, 1.165) is 34.8 Å². The molecule has 0 radical (unpaired) electrons. The zero-order valence-corrected chi connectivity index (χ0v) is 12.8. The summed E-state index contributed by atoms with van der Waals surface area (Å²) in [4.78, 5) is 25.8. The molecule has 0 aliphatic carbocycles. The highest BCUT2D eigenvalue weighted by molar-refractivity contribution is 8.00. The molecule has 1 aromatic heterocycles. The average molecular weight is 304 g/mol. The van der Waals surface area contributed by atoms with Gasteiger partial charge in [0.1, 0.15) is 6.20 Å². The lowest BCUT2D eigenvalue weighted by atomic mass is 10.1. The van der Waals surface area contributed by atoms with Crippen LogP contribution < -0.4 is 10.9 Å². The highest BCUT2D eigenvalue weighted by Gasteiger charge is 2.16. The van der Waals surface area contributed by atoms with Crippen LogP contribution in [0.1, 0.15) is 18.1 Å². The van der Waals surface area contributed by atoms with Gasteiger partial charge in [-0.15, -0.1) is 5.10 Å². The number of nitrogens with one attached hydrogen (secondary N) is 2. The second kappa shape index (κ2) is 6.53. The predicted octanol–water partition coefficient (Wildman–Crippen LogP) is 1.90. The number of hydrogen-bond acceptors (Lipinski definition) is 5. The molecule has 0 bridgehead atoms. The first-order chi connectivity index (χ1) is 9.95. The van der Waals surface area contributed by atoms with Crippen LogP contribution in [0.15, 0.2) is 34.3 Å². The maximum Gasteiger partial charge on any atom is 0.270 e. The van der Waals surface area contributed by atoms with Crippen molar-refractivity contribution in [2.24, 2.45) is 0 Å². The third kappa shape index (κ3) is 4.16. The van der Waals surface area contributed by atoms with Gasteiger partial charge in [-0.05, 0) is 32.4 Å². The van der Waals surface area contributed by atoms with E-state index in [-0.39, 0.29) is 11.5 Å². The van der Waals surface area contributed by atoms with Gasteiger partial charge in [0.25, 0.3) is 5.56 Å². The van der Waals surface area contributed by atoms with Crippen molar-refractivity contribution in [2.45, 2.75) is 31.2 Å². The Bertz CT molecular complexity index is 714. The highest BCUT2D eigenvalue weighted by atomic mass is 32.2. The summed E-state index contributed by atoms with van der Waals surface area (Å²) in [6.07, 6.45) is 1.09. The van der Waals surface area contributed by atoms with Crippen molar-refractivity contribution in [3.63, 3.8) is 0 Å². The van der Waals surface area contributed by atoms with Crippen molar-refractivity contribution >= 4 is 23.4 Å². The summed E-state index contributed by atoms with van der Waals surface area (Å²) in [6.45, 7) is 5.69. The summed E-state index contributed by atoms with van der Waals surface area (Å²) >= 11 is 1.15. The first kappa shape index (κ1) is 15.2. The van der Waals surface area contributed by atoms with Crippen LogP contribution in [0.5, 0.6) is 0 Å². The normalized spacial score (nSPS) is 12.0. The number of hydrogen-bond donors (Lipinski definition) is 2.